The predicted molar refractivity (Wildman–Crippen MR) is 426 cm³/mol. The third-order valence-electron chi connectivity index (χ3n) is 17.9. The lowest BCUT2D eigenvalue weighted by Crippen LogP contribution is -2.90. The van der Waals surface area contributed by atoms with Gasteiger partial charge in [0.05, 0.1) is 0 Å². The van der Waals surface area contributed by atoms with Gasteiger partial charge in [-0.15, -0.1) is 0 Å². The van der Waals surface area contributed by atoms with E-state index in [9.17, 15) is 0 Å². The highest BCUT2D eigenvalue weighted by atomic mass is 35.5. The average molecular weight is 1580 g/mol. The molecule has 0 saturated carbocycles. The smallest absolute Gasteiger partial charge is 0.422 e. The zero-order valence-electron chi connectivity index (χ0n) is 55.3. The minimum Gasteiger partial charge on any atom is -0.422 e. The lowest BCUT2D eigenvalue weighted by atomic mass is 10.2. The fraction of sp³-hybridized carbons (Fsp3) is 0. The van der Waals surface area contributed by atoms with Crippen molar-refractivity contribution in [1.29, 1.82) is 0 Å². The van der Waals surface area contributed by atoms with E-state index in [0.29, 0.717) is 61.9 Å². The SMILES string of the molecule is [SiH3]O[Si]1(c2ccccc2)O[Si](/C=C/c2ccc(Cl)cc2)(c2ccccc2)O[Si]2(c3ccccc3)O[Si]3(c4ccccc4)O[SiH](c4ccccc4)O[Si]4(c5ccccc5)O[Si](/C=C/c5ccc(Cl)cc5)(c5ccccc5)O[Si](c5ccccc5)(O3)O[Si@](c3ccccc3)(O2)O[Si@](c2ccccc2)(O1)O4. The van der Waals surface area contributed by atoms with E-state index < -0.39 is 88.0 Å². The minimum atomic E-state index is -5.53. The molecule has 103 heavy (non-hydrogen) atoms. The first-order chi connectivity index (χ1) is 50.4. The number of hydrogen-bond acceptors (Lipinski definition) is 14. The van der Waals surface area contributed by atoms with Gasteiger partial charge in [-0.25, -0.2) is 0 Å². The molecule has 512 valence electrons. The molecule has 4 saturated heterocycles. The molecule has 27 heteroatoms. The van der Waals surface area contributed by atoms with Gasteiger partial charge in [0.2, 0.25) is 0 Å². The molecule has 12 aromatic carbocycles. The number of fused-ring (bicyclic) bond motifs is 6. The minimum absolute atomic E-state index is 0.000428. The van der Waals surface area contributed by atoms with Crippen LogP contribution in [0.15, 0.2) is 363 Å². The fourth-order valence-electron chi connectivity index (χ4n) is 12.9. The molecule has 16 rings (SSSR count). The Hall–Kier alpha value is -7.47. The first kappa shape index (κ1) is 69.9. The summed E-state index contributed by atoms with van der Waals surface area (Å²) in [6.45, 7) is 0. The quantitative estimate of drug-likeness (QED) is 0.0917. The van der Waals surface area contributed by atoms with E-state index >= 15 is 0 Å². The maximum atomic E-state index is 8.96. The zero-order valence-corrected chi connectivity index (χ0v) is 69.0. The molecule has 0 amide bonds. The second-order valence-electron chi connectivity index (χ2n) is 24.6. The number of halogens is 2. The van der Waals surface area contributed by atoms with E-state index in [1.165, 1.54) is 0 Å². The Morgan fingerprint density at radius 2 is 0.495 bits per heavy atom. The summed E-state index contributed by atoms with van der Waals surface area (Å²) in [5.74, 6) is 0. The fourth-order valence-corrected chi connectivity index (χ4v) is 68.0. The van der Waals surface area contributed by atoms with Crippen molar-refractivity contribution in [3.05, 3.63) is 384 Å². The van der Waals surface area contributed by atoms with Crippen molar-refractivity contribution in [1.82, 2.24) is 0 Å². The maximum Gasteiger partial charge on any atom is 0.515 e. The Morgan fingerprint density at radius 1 is 0.252 bits per heavy atom. The van der Waals surface area contributed by atoms with Gasteiger partial charge in [-0.2, -0.15) is 0 Å². The number of hydrogen-bond donors (Lipinski definition) is 0. The molecule has 0 aromatic heterocycles. The third-order valence-corrected chi connectivity index (χ3v) is 60.6. The van der Waals surface area contributed by atoms with Crippen LogP contribution in [0.3, 0.4) is 0 Å². The van der Waals surface area contributed by atoms with Gasteiger partial charge in [0.25, 0.3) is 0 Å². The van der Waals surface area contributed by atoms with Crippen molar-refractivity contribution in [3.63, 3.8) is 0 Å². The predicted octanol–water partition coefficient (Wildman–Crippen LogP) is 8.11. The van der Waals surface area contributed by atoms with Gasteiger partial charge < -0.3 is 57.6 Å². The molecule has 0 radical (unpaired) electrons. The average Bonchev–Trinajstić information content (AvgIpc) is 0.686. The molecule has 12 aromatic rings. The van der Waals surface area contributed by atoms with Crippen LogP contribution in [0.2, 0.25) is 10.0 Å². The van der Waals surface area contributed by atoms with Crippen LogP contribution in [0.5, 0.6) is 0 Å². The van der Waals surface area contributed by atoms with E-state index in [1.54, 1.807) is 0 Å². The standard InChI is InChI=1S/C76H66Cl2O14Si11/c77-65-55-51-63(52-56-65)59-61-95(68-33-13-2-14-34-68)82-97(79-93,70-37-17-4-18-38-70)86-102(75-47-27-9-28-48-75)87-98(71-39-19-5-20-40-71)80-94(67-31-11-1-12-32-67)81-99(72-41-21-6-22-42-72)88-100(84-95,73-43-23-7-24-44-73)90-103(92-102,76-49-29-10-30-50-76)91-101(89-99,74-45-25-8-26-46-74)85-96(83-98,69-35-15-3-16-36-69)62-60-64-53-57-66(78)58-54-64/h1-62,94H,93H3/b61-59+,62-60+/t94?,95?,96?,97?,98?,99?,100?,101?,102-,103+/m1/s1. The maximum absolute atomic E-state index is 8.96. The van der Waals surface area contributed by atoms with E-state index in [0.717, 1.165) is 11.1 Å². The first-order valence-corrected chi connectivity index (χ1v) is 52.4. The van der Waals surface area contributed by atoms with Gasteiger partial charge >= 0.3 is 88.0 Å². The lowest BCUT2D eigenvalue weighted by Gasteiger charge is -2.58. The Kier molecular flexibility index (Phi) is 20.0. The van der Waals surface area contributed by atoms with Gasteiger partial charge in [-0.1, -0.05) is 363 Å². The molecule has 4 fully saturated rings. The molecule has 4 aliphatic heterocycles. The molecule has 0 aliphatic carbocycles. The van der Waals surface area contributed by atoms with Crippen molar-refractivity contribution in [3.8, 4) is 0 Å². The van der Waals surface area contributed by atoms with E-state index in [4.69, 9.17) is 80.8 Å². The first-order valence-electron chi connectivity index (χ1n) is 33.5. The summed E-state index contributed by atoms with van der Waals surface area (Å²) in [5.41, 5.74) is 5.56. The van der Waals surface area contributed by atoms with Crippen LogP contribution in [0.4, 0.5) is 0 Å². The van der Waals surface area contributed by atoms with Crippen LogP contribution < -0.4 is 51.9 Å². The number of benzene rings is 12. The monoisotopic (exact) mass is 1580 g/mol. The van der Waals surface area contributed by atoms with E-state index in [1.807, 2.05) is 375 Å². The summed E-state index contributed by atoms with van der Waals surface area (Å²) in [6, 6.07) is 113. The Bertz CT molecular complexity index is 4930. The molecule has 14 nitrogen and oxygen atoms in total. The molecule has 0 N–H and O–H groups in total. The zero-order chi connectivity index (χ0) is 69.9. The summed E-state index contributed by atoms with van der Waals surface area (Å²) < 4.78 is 122. The van der Waals surface area contributed by atoms with Crippen molar-refractivity contribution < 1.29 is 57.6 Å². The molecule has 6 bridgehead atoms. The normalized spacial score (nSPS) is 28.7. The Labute approximate surface area is 622 Å². The molecular formula is C76H66Cl2O14Si11. The summed E-state index contributed by atoms with van der Waals surface area (Å²) >= 11 is 13.4. The van der Waals surface area contributed by atoms with Gasteiger partial charge in [0, 0.05) is 46.4 Å². The Morgan fingerprint density at radius 3 is 0.825 bits per heavy atom. The van der Waals surface area contributed by atoms with E-state index in [2.05, 4.69) is 0 Å². The summed E-state index contributed by atoms with van der Waals surface area (Å²) in [7, 11) is -51.1. The molecular weight excluding hydrogens is 1520 g/mol. The highest BCUT2D eigenvalue weighted by Gasteiger charge is 2.80. The van der Waals surface area contributed by atoms with Crippen LogP contribution >= 0.6 is 23.2 Å². The summed E-state index contributed by atoms with van der Waals surface area (Å²) in [6.07, 6.45) is 3.97. The second-order valence-corrected chi connectivity index (χ2v) is 55.6. The molecule has 8 unspecified atom stereocenters. The van der Waals surface area contributed by atoms with Crippen molar-refractivity contribution in [2.75, 3.05) is 0 Å². The third kappa shape index (κ3) is 13.9. The van der Waals surface area contributed by atoms with Crippen LogP contribution in [0.1, 0.15) is 11.1 Å². The van der Waals surface area contributed by atoms with Crippen LogP contribution in [-0.2, 0) is 57.6 Å². The largest absolute Gasteiger partial charge is 0.515 e. The van der Waals surface area contributed by atoms with Gasteiger partial charge in [0.1, 0.15) is 10.5 Å². The molecule has 0 spiro atoms. The van der Waals surface area contributed by atoms with Gasteiger partial charge in [-0.05, 0) is 62.4 Å². The highest BCUT2D eigenvalue weighted by molar-refractivity contribution is 7.12. The second kappa shape index (κ2) is 29.5. The molecule has 4 aliphatic rings. The molecule has 10 atom stereocenters. The van der Waals surface area contributed by atoms with Crippen molar-refractivity contribution >= 4 is 186 Å². The van der Waals surface area contributed by atoms with Crippen LogP contribution in [0.25, 0.3) is 12.2 Å². The summed E-state index contributed by atoms with van der Waals surface area (Å²) in [5, 5.41) is 6.36. The van der Waals surface area contributed by atoms with E-state index in [-0.39, 0.29) is 10.5 Å². The Balaban J connectivity index is 1.18. The van der Waals surface area contributed by atoms with Gasteiger partial charge in [0.15, 0.2) is 0 Å². The summed E-state index contributed by atoms with van der Waals surface area (Å²) in [4.78, 5) is 0. The number of rotatable bonds is 15. The van der Waals surface area contributed by atoms with Crippen LogP contribution in [-0.4, -0.2) is 98.5 Å². The van der Waals surface area contributed by atoms with Crippen LogP contribution in [0, 0.1) is 0 Å². The topological polar surface area (TPSA) is 129 Å². The van der Waals surface area contributed by atoms with Gasteiger partial charge in [-0.3, -0.25) is 0 Å². The van der Waals surface area contributed by atoms with Crippen molar-refractivity contribution in [2.45, 2.75) is 0 Å². The highest BCUT2D eigenvalue weighted by Crippen LogP contribution is 2.44. The van der Waals surface area contributed by atoms with Crippen molar-refractivity contribution in [2.24, 2.45) is 0 Å². The molecule has 4 heterocycles. The lowest BCUT2D eigenvalue weighted by molar-refractivity contribution is 0.0578.